The van der Waals surface area contributed by atoms with Crippen molar-refractivity contribution in [2.75, 3.05) is 26.0 Å². The number of alkyl halides is 3. The Balaban J connectivity index is 1.77. The van der Waals surface area contributed by atoms with E-state index in [1.807, 2.05) is 0 Å². The van der Waals surface area contributed by atoms with Crippen LogP contribution in [0.15, 0.2) is 76.6 Å². The van der Waals surface area contributed by atoms with Crippen LogP contribution in [0.4, 0.5) is 17.6 Å². The molecule has 1 aromatic heterocycles. The van der Waals surface area contributed by atoms with Gasteiger partial charge in [-0.3, -0.25) is 9.59 Å². The number of carbonyl (C=O) groups is 1. The number of likely N-dealkylation sites (N-methyl/N-ethyl adjacent to an activating group) is 1. The maximum atomic E-state index is 15.1. The Kier molecular flexibility index (Phi) is 6.63. The molecule has 48 heavy (non-hydrogen) atoms. The van der Waals surface area contributed by atoms with Gasteiger partial charge in [0.1, 0.15) is 12.3 Å². The van der Waals surface area contributed by atoms with E-state index >= 15 is 4.79 Å². The summed E-state index contributed by atoms with van der Waals surface area (Å²) in [6.07, 6.45) is -4.57. The molecule has 5 rings (SSSR count). The lowest BCUT2D eigenvalue weighted by Crippen LogP contribution is -2.40. The summed E-state index contributed by atoms with van der Waals surface area (Å²) in [5.41, 5.74) is -6.26. The van der Waals surface area contributed by atoms with Gasteiger partial charge in [-0.15, -0.1) is 0 Å². The van der Waals surface area contributed by atoms with Gasteiger partial charge in [0.2, 0.25) is 5.91 Å². The summed E-state index contributed by atoms with van der Waals surface area (Å²) in [5, 5.41) is -0.756. The minimum Gasteiger partial charge on any atom is -0.336 e. The van der Waals surface area contributed by atoms with Crippen LogP contribution < -0.4 is 5.56 Å². The quantitative estimate of drug-likeness (QED) is 0.0823. The Bertz CT molecular complexity index is 2430. The molecular formula is C37H40F4N4O2S. The molecule has 6 nitrogen and oxygen atoms in total. The highest BCUT2D eigenvalue weighted by Crippen LogP contribution is 2.32. The van der Waals surface area contributed by atoms with E-state index in [0.29, 0.717) is 30.5 Å². The van der Waals surface area contributed by atoms with Crippen LogP contribution in [-0.4, -0.2) is 51.2 Å². The molecule has 1 aliphatic rings. The highest BCUT2D eigenvalue weighted by Gasteiger charge is 2.30. The molecule has 1 aliphatic carbocycles. The van der Waals surface area contributed by atoms with E-state index in [0.717, 1.165) is 36.4 Å². The predicted molar refractivity (Wildman–Crippen MR) is 181 cm³/mol. The van der Waals surface area contributed by atoms with Gasteiger partial charge in [0.05, 0.1) is 15.2 Å². The van der Waals surface area contributed by atoms with Gasteiger partial charge in [-0.05, 0) is 91.3 Å². The number of hydrogen-bond acceptors (Lipinski definition) is 5. The summed E-state index contributed by atoms with van der Waals surface area (Å²) < 4.78 is 187. The van der Waals surface area contributed by atoms with Gasteiger partial charge in [0, 0.05) is 47.5 Å². The number of rotatable bonds is 13. The Morgan fingerprint density at radius 1 is 1.02 bits per heavy atom. The fourth-order valence-electron chi connectivity index (χ4n) is 4.80. The SMILES string of the molecule is [2H]c1c([2H])c(-c2ccc(C(F)(F)F)cc2)c([2H])c(C)c1CN(C(=O)C([2H])([2H])n1c(SC([2H])([2H])c2ccc(F)cc2)nc(=O)c2c1CCC2)C([2H])([2H])C([2H])([2H])N(C([2H])([2H])C)C([2H])([2H])C. The van der Waals surface area contributed by atoms with Gasteiger partial charge in [-0.25, -0.2) is 4.39 Å². The van der Waals surface area contributed by atoms with Crippen molar-refractivity contribution >= 4 is 17.7 Å². The molecule has 0 atom stereocenters. The third kappa shape index (κ3) is 8.54. The number of carbonyl (C=O) groups excluding carboxylic acids is 1. The molecule has 4 aromatic rings. The van der Waals surface area contributed by atoms with Crippen molar-refractivity contribution < 1.29 is 42.9 Å². The van der Waals surface area contributed by atoms with E-state index in [-0.39, 0.29) is 74.3 Å². The van der Waals surface area contributed by atoms with Crippen molar-refractivity contribution in [3.8, 4) is 11.1 Å². The maximum absolute atomic E-state index is 15.1. The summed E-state index contributed by atoms with van der Waals surface area (Å²) >= 11 is 0.142. The minimum atomic E-state index is -4.74. The molecular weight excluding hydrogens is 640 g/mol. The van der Waals surface area contributed by atoms with Crippen LogP contribution in [0.5, 0.6) is 0 Å². The normalized spacial score (nSPS) is 19.2. The average Bonchev–Trinajstić information content (AvgIpc) is 3.62. The molecule has 0 aliphatic heterocycles. The van der Waals surface area contributed by atoms with Crippen LogP contribution in [0.25, 0.3) is 11.1 Å². The van der Waals surface area contributed by atoms with Crippen LogP contribution in [0.1, 0.15) is 74.3 Å². The van der Waals surface area contributed by atoms with E-state index < -0.39 is 103 Å². The molecule has 1 heterocycles. The van der Waals surface area contributed by atoms with Crippen molar-refractivity contribution in [2.24, 2.45) is 0 Å². The topological polar surface area (TPSA) is 58.4 Å². The molecule has 254 valence electrons. The molecule has 0 fully saturated rings. The summed E-state index contributed by atoms with van der Waals surface area (Å²) in [6, 6.07) is 5.08. The second-order valence-electron chi connectivity index (χ2n) is 10.5. The zero-order valence-electron chi connectivity index (χ0n) is 41.0. The summed E-state index contributed by atoms with van der Waals surface area (Å²) in [7, 11) is 0. The fraction of sp³-hybridized carbons (Fsp3) is 0.378. The lowest BCUT2D eigenvalue weighted by Gasteiger charge is -2.28. The van der Waals surface area contributed by atoms with Crippen molar-refractivity contribution in [3.63, 3.8) is 0 Å². The third-order valence-electron chi connectivity index (χ3n) is 7.33. The van der Waals surface area contributed by atoms with Crippen LogP contribution >= 0.6 is 11.8 Å². The first-order valence-corrected chi connectivity index (χ1v) is 15.4. The van der Waals surface area contributed by atoms with Crippen LogP contribution in [-0.2, 0) is 42.6 Å². The number of halogens is 4. The zero-order valence-corrected chi connectivity index (χ0v) is 26.8. The molecule has 1 amide bonds. The van der Waals surface area contributed by atoms with Gasteiger partial charge >= 0.3 is 6.18 Å². The van der Waals surface area contributed by atoms with Crippen molar-refractivity contribution in [3.05, 3.63) is 116 Å². The van der Waals surface area contributed by atoms with E-state index in [2.05, 4.69) is 4.98 Å². The predicted octanol–water partition coefficient (Wildman–Crippen LogP) is 7.53. The summed E-state index contributed by atoms with van der Waals surface area (Å²) in [5.74, 6) is -2.72. The average molecular weight is 696 g/mol. The van der Waals surface area contributed by atoms with Crippen molar-refractivity contribution in [2.45, 2.75) is 70.1 Å². The molecule has 11 heteroatoms. The van der Waals surface area contributed by atoms with Gasteiger partial charge in [0.15, 0.2) is 5.16 Å². The molecule has 0 spiro atoms. The van der Waals surface area contributed by atoms with Crippen molar-refractivity contribution in [1.29, 1.82) is 0 Å². The number of fused-ring (bicyclic) bond motifs is 1. The minimum absolute atomic E-state index is 0.0334. The number of amides is 1. The van der Waals surface area contributed by atoms with Gasteiger partial charge in [-0.1, -0.05) is 68.0 Å². The molecule has 0 N–H and O–H groups in total. The third-order valence-corrected chi connectivity index (χ3v) is 8.12. The molecule has 0 radical (unpaired) electrons. The van der Waals surface area contributed by atoms with Gasteiger partial charge in [-0.2, -0.15) is 18.2 Å². The number of hydrogen-bond donors (Lipinski definition) is 0. The second-order valence-corrected chi connectivity index (χ2v) is 11.2. The zero-order chi connectivity index (χ0) is 47.8. The fourth-order valence-corrected chi connectivity index (χ4v) is 5.52. The van der Waals surface area contributed by atoms with Crippen molar-refractivity contribution in [1.82, 2.24) is 19.4 Å². The van der Waals surface area contributed by atoms with Crippen LogP contribution in [0.3, 0.4) is 0 Å². The van der Waals surface area contributed by atoms with Gasteiger partial charge in [0.25, 0.3) is 5.56 Å². The lowest BCUT2D eigenvalue weighted by molar-refractivity contribution is -0.137. The first-order chi connectivity index (χ1) is 28.6. The lowest BCUT2D eigenvalue weighted by atomic mass is 9.98. The molecule has 0 unspecified atom stereocenters. The number of nitrogens with zero attached hydrogens (tertiary/aromatic N) is 4. The maximum Gasteiger partial charge on any atom is 0.416 e. The molecule has 3 aromatic carbocycles. The Morgan fingerprint density at radius 2 is 1.73 bits per heavy atom. The molecule has 0 saturated heterocycles. The molecule has 0 saturated carbocycles. The highest BCUT2D eigenvalue weighted by molar-refractivity contribution is 7.98. The van der Waals surface area contributed by atoms with E-state index in [1.54, 1.807) is 0 Å². The summed E-state index contributed by atoms with van der Waals surface area (Å²) in [6.45, 7) is -16.5. The number of aromatic nitrogens is 2. The Hall–Kier alpha value is -3.96. The number of thioether (sulfide) groups is 1. The van der Waals surface area contributed by atoms with E-state index in [9.17, 15) is 27.8 Å². The van der Waals surface area contributed by atoms with E-state index in [4.69, 9.17) is 15.1 Å². The van der Waals surface area contributed by atoms with E-state index in [1.165, 1.54) is 6.92 Å². The first-order valence-electron chi connectivity index (χ1n) is 22.1. The number of benzene rings is 3. The first kappa shape index (κ1) is 20.5. The standard InChI is InChI=1S/C37H40F4N4O2S/c1-4-43(5-2)19-20-44(22-29-12-11-28(21-25(29)3)27-13-15-30(16-14-27)37(39,40)41)34(46)23-45-33-8-6-7-32(33)35(47)42-36(45)48-24-26-9-17-31(38)18-10-26/h9-18,21H,4-8,19-20,22-24H2,1-3H3/i4D2,5D2,11D,12D,19D2,20D2,21D,23D2,24D2. The smallest absolute Gasteiger partial charge is 0.336 e. The molecule has 0 bridgehead atoms. The van der Waals surface area contributed by atoms with Crippen LogP contribution in [0.2, 0.25) is 0 Å². The Morgan fingerprint density at radius 3 is 2.40 bits per heavy atom. The highest BCUT2D eigenvalue weighted by atomic mass is 32.2. The van der Waals surface area contributed by atoms with Crippen LogP contribution in [0, 0.1) is 12.7 Å². The van der Waals surface area contributed by atoms with Gasteiger partial charge < -0.3 is 14.4 Å². The monoisotopic (exact) mass is 695 g/mol. The summed E-state index contributed by atoms with van der Waals surface area (Å²) in [4.78, 5) is 32.0. The largest absolute Gasteiger partial charge is 0.416 e. The second kappa shape index (κ2) is 15.5. The Labute approximate surface area is 303 Å².